The fraction of sp³-hybridized carbons (Fsp3) is 0.538. The molecule has 3 heteroatoms. The van der Waals surface area contributed by atoms with E-state index < -0.39 is 0 Å². The topological polar surface area (TPSA) is 38.5 Å². The zero-order valence-corrected chi connectivity index (χ0v) is 10.4. The molecular formula is C13H22N2O. The highest BCUT2D eigenvalue weighted by molar-refractivity contribution is 5.28. The lowest BCUT2D eigenvalue weighted by Gasteiger charge is -2.16. The van der Waals surface area contributed by atoms with Crippen LogP contribution in [0.5, 0.6) is 5.75 Å². The predicted molar refractivity (Wildman–Crippen MR) is 67.6 cm³/mol. The van der Waals surface area contributed by atoms with Gasteiger partial charge in [0.2, 0.25) is 0 Å². The molecule has 1 aromatic rings. The molecular weight excluding hydrogens is 200 g/mol. The van der Waals surface area contributed by atoms with Crippen LogP contribution in [0.15, 0.2) is 24.3 Å². The molecule has 0 aliphatic rings. The van der Waals surface area contributed by atoms with Crippen LogP contribution in [0.3, 0.4) is 0 Å². The monoisotopic (exact) mass is 222 g/mol. The zero-order valence-electron chi connectivity index (χ0n) is 10.4. The fourth-order valence-electron chi connectivity index (χ4n) is 1.60. The Morgan fingerprint density at radius 3 is 2.75 bits per heavy atom. The third-order valence-electron chi connectivity index (χ3n) is 2.23. The van der Waals surface area contributed by atoms with Crippen molar-refractivity contribution in [3.05, 3.63) is 29.8 Å². The summed E-state index contributed by atoms with van der Waals surface area (Å²) in [6.07, 6.45) is 0.219. The van der Waals surface area contributed by atoms with Crippen LogP contribution >= 0.6 is 0 Å². The molecule has 0 spiro atoms. The highest BCUT2D eigenvalue weighted by atomic mass is 16.5. The molecule has 0 saturated carbocycles. The number of rotatable bonds is 6. The SMILES string of the molecule is CC(C)Oc1cccc(CN(C)CCN)c1. The maximum atomic E-state index is 5.65. The van der Waals surface area contributed by atoms with Gasteiger partial charge in [-0.3, -0.25) is 0 Å². The van der Waals surface area contributed by atoms with Gasteiger partial charge < -0.3 is 15.4 Å². The number of nitrogens with zero attached hydrogens (tertiary/aromatic N) is 1. The van der Waals surface area contributed by atoms with Crippen molar-refractivity contribution in [2.45, 2.75) is 26.5 Å². The summed E-state index contributed by atoms with van der Waals surface area (Å²) in [4.78, 5) is 2.20. The molecule has 0 heterocycles. The number of hydrogen-bond acceptors (Lipinski definition) is 3. The first-order chi connectivity index (χ1) is 7.61. The Kier molecular flexibility index (Phi) is 5.29. The van der Waals surface area contributed by atoms with Gasteiger partial charge in [0.25, 0.3) is 0 Å². The van der Waals surface area contributed by atoms with Gasteiger partial charge in [0.1, 0.15) is 5.75 Å². The second-order valence-corrected chi connectivity index (χ2v) is 4.34. The quantitative estimate of drug-likeness (QED) is 0.798. The minimum atomic E-state index is 0.219. The summed E-state index contributed by atoms with van der Waals surface area (Å²) in [5, 5.41) is 0. The van der Waals surface area contributed by atoms with E-state index in [9.17, 15) is 0 Å². The molecule has 0 fully saturated rings. The minimum Gasteiger partial charge on any atom is -0.491 e. The lowest BCUT2D eigenvalue weighted by Crippen LogP contribution is -2.24. The summed E-state index contributed by atoms with van der Waals surface area (Å²) in [5.41, 5.74) is 6.77. The van der Waals surface area contributed by atoms with E-state index in [1.54, 1.807) is 0 Å². The van der Waals surface area contributed by atoms with Gasteiger partial charge in [-0.05, 0) is 38.6 Å². The van der Waals surface area contributed by atoms with Crippen molar-refractivity contribution in [3.8, 4) is 5.75 Å². The average Bonchev–Trinajstić information content (AvgIpc) is 2.17. The standard InChI is InChI=1S/C13H22N2O/c1-11(2)16-13-6-4-5-12(9-13)10-15(3)8-7-14/h4-6,9,11H,7-8,10,14H2,1-3H3. The molecule has 0 radical (unpaired) electrons. The molecule has 2 N–H and O–H groups in total. The van der Waals surface area contributed by atoms with E-state index in [-0.39, 0.29) is 6.10 Å². The minimum absolute atomic E-state index is 0.219. The first-order valence-corrected chi connectivity index (χ1v) is 5.76. The second-order valence-electron chi connectivity index (χ2n) is 4.34. The highest BCUT2D eigenvalue weighted by Gasteiger charge is 2.02. The largest absolute Gasteiger partial charge is 0.491 e. The fourth-order valence-corrected chi connectivity index (χ4v) is 1.60. The van der Waals surface area contributed by atoms with Crippen LogP contribution < -0.4 is 10.5 Å². The Morgan fingerprint density at radius 2 is 2.12 bits per heavy atom. The Bertz CT molecular complexity index is 313. The molecule has 3 nitrogen and oxygen atoms in total. The van der Waals surface area contributed by atoms with E-state index in [1.807, 2.05) is 26.0 Å². The number of benzene rings is 1. The van der Waals surface area contributed by atoms with Crippen LogP contribution in [0.4, 0.5) is 0 Å². The van der Waals surface area contributed by atoms with Crippen LogP contribution in [0.1, 0.15) is 19.4 Å². The third kappa shape index (κ3) is 4.64. The van der Waals surface area contributed by atoms with Gasteiger partial charge in [-0.25, -0.2) is 0 Å². The molecule has 0 aliphatic heterocycles. The maximum Gasteiger partial charge on any atom is 0.120 e. The van der Waals surface area contributed by atoms with E-state index in [2.05, 4.69) is 24.1 Å². The smallest absolute Gasteiger partial charge is 0.120 e. The van der Waals surface area contributed by atoms with Crippen LogP contribution in [0.2, 0.25) is 0 Å². The van der Waals surface area contributed by atoms with Crippen molar-refractivity contribution in [2.24, 2.45) is 5.73 Å². The highest BCUT2D eigenvalue weighted by Crippen LogP contribution is 2.15. The van der Waals surface area contributed by atoms with Gasteiger partial charge in [-0.2, -0.15) is 0 Å². The lowest BCUT2D eigenvalue weighted by molar-refractivity contribution is 0.241. The van der Waals surface area contributed by atoms with Crippen molar-refractivity contribution >= 4 is 0 Å². The van der Waals surface area contributed by atoms with Gasteiger partial charge in [0.15, 0.2) is 0 Å². The molecule has 0 aromatic heterocycles. The Morgan fingerprint density at radius 1 is 1.38 bits per heavy atom. The summed E-state index contributed by atoms with van der Waals surface area (Å²) in [5.74, 6) is 0.939. The van der Waals surface area contributed by atoms with Crippen molar-refractivity contribution < 1.29 is 4.74 Å². The summed E-state index contributed by atoms with van der Waals surface area (Å²) in [6, 6.07) is 8.23. The van der Waals surface area contributed by atoms with Crippen molar-refractivity contribution in [1.82, 2.24) is 4.90 Å². The summed E-state index contributed by atoms with van der Waals surface area (Å²) in [6.45, 7) is 6.58. The molecule has 16 heavy (non-hydrogen) atoms. The summed E-state index contributed by atoms with van der Waals surface area (Å²) in [7, 11) is 2.07. The van der Waals surface area contributed by atoms with E-state index in [4.69, 9.17) is 10.5 Å². The van der Waals surface area contributed by atoms with E-state index in [0.717, 1.165) is 18.8 Å². The molecule has 0 bridgehead atoms. The Labute approximate surface area is 98.2 Å². The Balaban J connectivity index is 2.59. The van der Waals surface area contributed by atoms with Gasteiger partial charge in [-0.1, -0.05) is 12.1 Å². The van der Waals surface area contributed by atoms with Crippen LogP contribution in [-0.2, 0) is 6.54 Å². The Hall–Kier alpha value is -1.06. The molecule has 0 aliphatic carbocycles. The molecule has 1 aromatic carbocycles. The van der Waals surface area contributed by atoms with Crippen LogP contribution in [0.25, 0.3) is 0 Å². The molecule has 0 amide bonds. The van der Waals surface area contributed by atoms with E-state index in [0.29, 0.717) is 6.54 Å². The van der Waals surface area contributed by atoms with Gasteiger partial charge in [0.05, 0.1) is 6.10 Å². The maximum absolute atomic E-state index is 5.65. The number of likely N-dealkylation sites (N-methyl/N-ethyl adjacent to an activating group) is 1. The van der Waals surface area contributed by atoms with Crippen molar-refractivity contribution in [3.63, 3.8) is 0 Å². The normalized spacial score (nSPS) is 11.1. The van der Waals surface area contributed by atoms with Crippen molar-refractivity contribution in [2.75, 3.05) is 20.1 Å². The number of hydrogen-bond donors (Lipinski definition) is 1. The summed E-state index contributed by atoms with van der Waals surface area (Å²) < 4.78 is 5.65. The molecule has 0 atom stereocenters. The molecule has 1 rings (SSSR count). The first-order valence-electron chi connectivity index (χ1n) is 5.76. The first kappa shape index (κ1) is 13.0. The van der Waals surface area contributed by atoms with Crippen molar-refractivity contribution in [1.29, 1.82) is 0 Å². The second kappa shape index (κ2) is 6.51. The zero-order chi connectivity index (χ0) is 12.0. The van der Waals surface area contributed by atoms with Gasteiger partial charge >= 0.3 is 0 Å². The predicted octanol–water partition coefficient (Wildman–Crippen LogP) is 1.86. The van der Waals surface area contributed by atoms with E-state index >= 15 is 0 Å². The number of ether oxygens (including phenoxy) is 1. The third-order valence-corrected chi connectivity index (χ3v) is 2.23. The molecule has 0 saturated heterocycles. The van der Waals surface area contributed by atoms with Gasteiger partial charge in [0, 0.05) is 19.6 Å². The number of nitrogens with two attached hydrogens (primary N) is 1. The average molecular weight is 222 g/mol. The van der Waals surface area contributed by atoms with E-state index in [1.165, 1.54) is 5.56 Å². The van der Waals surface area contributed by atoms with Crippen LogP contribution in [-0.4, -0.2) is 31.1 Å². The molecule has 90 valence electrons. The molecule has 0 unspecified atom stereocenters. The summed E-state index contributed by atoms with van der Waals surface area (Å²) >= 11 is 0. The van der Waals surface area contributed by atoms with Crippen LogP contribution in [0, 0.1) is 0 Å². The lowest BCUT2D eigenvalue weighted by atomic mass is 10.2. The van der Waals surface area contributed by atoms with Gasteiger partial charge in [-0.15, -0.1) is 0 Å².